The van der Waals surface area contributed by atoms with Crippen LogP contribution < -0.4 is 5.32 Å². The van der Waals surface area contributed by atoms with Crippen molar-refractivity contribution in [2.45, 2.75) is 6.92 Å². The van der Waals surface area contributed by atoms with Gasteiger partial charge in [0.1, 0.15) is 15.4 Å². The number of anilines is 1. The maximum atomic E-state index is 12.6. The molecule has 0 bridgehead atoms. The number of nitrogens with one attached hydrogen (secondary N) is 1. The van der Waals surface area contributed by atoms with Gasteiger partial charge in [-0.2, -0.15) is 0 Å². The largest absolute Gasteiger partial charge is 0.505 e. The van der Waals surface area contributed by atoms with Crippen LogP contribution in [0, 0.1) is 6.92 Å². The second-order valence-corrected chi connectivity index (χ2v) is 7.01. The molecule has 0 unspecified atom stereocenters. The summed E-state index contributed by atoms with van der Waals surface area (Å²) in [5.41, 5.74) is 0.730. The van der Waals surface area contributed by atoms with Crippen molar-refractivity contribution >= 4 is 40.2 Å². The highest BCUT2D eigenvalue weighted by Gasteiger charge is 2.20. The Morgan fingerprint density at radius 3 is 2.72 bits per heavy atom. The number of aromatic nitrogens is 1. The molecule has 6 nitrogen and oxygen atoms in total. The average Bonchev–Trinajstić information content (AvgIpc) is 3.25. The zero-order valence-corrected chi connectivity index (χ0v) is 15.0. The van der Waals surface area contributed by atoms with Gasteiger partial charge < -0.3 is 15.2 Å². The number of rotatable bonds is 4. The van der Waals surface area contributed by atoms with E-state index in [4.69, 9.17) is 0 Å². The Morgan fingerprint density at radius 2 is 2.04 bits per heavy atom. The van der Waals surface area contributed by atoms with Crippen molar-refractivity contribution in [2.75, 3.05) is 12.4 Å². The predicted octanol–water partition coefficient (Wildman–Crippen LogP) is 3.92. The third-order valence-electron chi connectivity index (χ3n) is 3.42. The summed E-state index contributed by atoms with van der Waals surface area (Å²) >= 11 is 2.83. The van der Waals surface area contributed by atoms with Crippen LogP contribution in [0.1, 0.15) is 25.7 Å². The molecule has 0 radical (unpaired) electrons. The van der Waals surface area contributed by atoms with Crippen LogP contribution in [-0.4, -0.2) is 29.1 Å². The molecular weight excluding hydrogens is 360 g/mol. The molecule has 3 rings (SSSR count). The van der Waals surface area contributed by atoms with Crippen molar-refractivity contribution in [1.29, 1.82) is 0 Å². The SMILES string of the molecule is COC(=O)c1cccc(NC(=O)c2sc(-c3cccs3)nc2C)c1O. The molecule has 128 valence electrons. The van der Waals surface area contributed by atoms with E-state index in [2.05, 4.69) is 15.0 Å². The van der Waals surface area contributed by atoms with Gasteiger partial charge >= 0.3 is 5.97 Å². The summed E-state index contributed by atoms with van der Waals surface area (Å²) in [5.74, 6) is -1.40. The molecule has 0 spiro atoms. The lowest BCUT2D eigenvalue weighted by Crippen LogP contribution is -2.12. The molecule has 1 aromatic carbocycles. The highest BCUT2D eigenvalue weighted by molar-refractivity contribution is 7.22. The molecule has 0 saturated carbocycles. The van der Waals surface area contributed by atoms with Crippen LogP contribution in [-0.2, 0) is 4.74 Å². The average molecular weight is 374 g/mol. The summed E-state index contributed by atoms with van der Waals surface area (Å²) in [6.45, 7) is 1.76. The van der Waals surface area contributed by atoms with Crippen LogP contribution in [0.5, 0.6) is 5.75 Å². The summed E-state index contributed by atoms with van der Waals surface area (Å²) in [5, 5.41) is 15.5. The van der Waals surface area contributed by atoms with Crippen LogP contribution in [0.25, 0.3) is 9.88 Å². The number of carbonyl (C=O) groups excluding carboxylic acids is 2. The predicted molar refractivity (Wildman–Crippen MR) is 97.6 cm³/mol. The maximum absolute atomic E-state index is 12.6. The van der Waals surface area contributed by atoms with E-state index in [1.807, 2.05) is 17.5 Å². The van der Waals surface area contributed by atoms with Crippen LogP contribution in [0.4, 0.5) is 5.69 Å². The monoisotopic (exact) mass is 374 g/mol. The van der Waals surface area contributed by atoms with E-state index in [-0.39, 0.29) is 17.0 Å². The number of thiophene rings is 1. The van der Waals surface area contributed by atoms with Gasteiger partial charge in [0.15, 0.2) is 5.75 Å². The van der Waals surface area contributed by atoms with Crippen molar-refractivity contribution in [2.24, 2.45) is 0 Å². The number of ether oxygens (including phenoxy) is 1. The summed E-state index contributed by atoms with van der Waals surface area (Å²) in [6, 6.07) is 8.35. The third kappa shape index (κ3) is 3.40. The smallest absolute Gasteiger partial charge is 0.341 e. The molecule has 0 atom stereocenters. The fourth-order valence-corrected chi connectivity index (χ4v) is 3.97. The van der Waals surface area contributed by atoms with Crippen molar-refractivity contribution in [1.82, 2.24) is 4.98 Å². The van der Waals surface area contributed by atoms with Gasteiger partial charge in [0.05, 0.1) is 23.4 Å². The number of benzene rings is 1. The summed E-state index contributed by atoms with van der Waals surface area (Å²) < 4.78 is 4.61. The Hall–Kier alpha value is -2.71. The molecule has 3 aromatic rings. The molecule has 0 aliphatic heterocycles. The number of phenolic OH excluding ortho intramolecular Hbond substituents is 1. The van der Waals surface area contributed by atoms with Crippen molar-refractivity contribution in [3.63, 3.8) is 0 Å². The molecular formula is C17H14N2O4S2. The molecule has 2 heterocycles. The summed E-state index contributed by atoms with van der Waals surface area (Å²) in [4.78, 5) is 30.1. The number of aromatic hydroxyl groups is 1. The first-order valence-corrected chi connectivity index (χ1v) is 8.94. The van der Waals surface area contributed by atoms with Crippen molar-refractivity contribution in [3.8, 4) is 15.6 Å². The van der Waals surface area contributed by atoms with Crippen LogP contribution in [0.2, 0.25) is 0 Å². The molecule has 0 fully saturated rings. The summed E-state index contributed by atoms with van der Waals surface area (Å²) in [7, 11) is 1.22. The number of nitrogens with zero attached hydrogens (tertiary/aromatic N) is 1. The van der Waals surface area contributed by atoms with Gasteiger partial charge in [0.2, 0.25) is 0 Å². The number of carbonyl (C=O) groups is 2. The highest BCUT2D eigenvalue weighted by atomic mass is 32.1. The second-order valence-electron chi connectivity index (χ2n) is 5.06. The Labute approximate surface area is 151 Å². The first-order chi connectivity index (χ1) is 12.0. The minimum Gasteiger partial charge on any atom is -0.505 e. The number of hydrogen-bond donors (Lipinski definition) is 2. The number of esters is 1. The topological polar surface area (TPSA) is 88.5 Å². The molecule has 25 heavy (non-hydrogen) atoms. The van der Waals surface area contributed by atoms with E-state index >= 15 is 0 Å². The van der Waals surface area contributed by atoms with E-state index < -0.39 is 11.9 Å². The lowest BCUT2D eigenvalue weighted by Gasteiger charge is -2.09. The molecule has 2 N–H and O–H groups in total. The summed E-state index contributed by atoms with van der Waals surface area (Å²) in [6.07, 6.45) is 0. The number of para-hydroxylation sites is 1. The zero-order chi connectivity index (χ0) is 18.0. The fourth-order valence-electron chi connectivity index (χ4n) is 2.21. The Bertz CT molecular complexity index is 932. The normalized spacial score (nSPS) is 10.5. The van der Waals surface area contributed by atoms with Crippen LogP contribution >= 0.6 is 22.7 Å². The maximum Gasteiger partial charge on any atom is 0.341 e. The number of hydrogen-bond acceptors (Lipinski definition) is 7. The van der Waals surface area contributed by atoms with Gasteiger partial charge in [0.25, 0.3) is 5.91 Å². The van der Waals surface area contributed by atoms with Gasteiger partial charge in [-0.1, -0.05) is 12.1 Å². The number of methoxy groups -OCH3 is 1. The van der Waals surface area contributed by atoms with E-state index in [9.17, 15) is 14.7 Å². The Balaban J connectivity index is 1.87. The van der Waals surface area contributed by atoms with E-state index in [0.717, 1.165) is 9.88 Å². The van der Waals surface area contributed by atoms with Gasteiger partial charge in [-0.15, -0.1) is 22.7 Å². The molecule has 0 saturated heterocycles. The molecule has 2 aromatic heterocycles. The molecule has 0 aliphatic rings. The third-order valence-corrected chi connectivity index (χ3v) is 5.62. The van der Waals surface area contributed by atoms with E-state index in [1.165, 1.54) is 30.6 Å². The molecule has 8 heteroatoms. The molecule has 1 amide bonds. The van der Waals surface area contributed by atoms with Crippen molar-refractivity contribution < 1.29 is 19.4 Å². The molecule has 0 aliphatic carbocycles. The van der Waals surface area contributed by atoms with Gasteiger partial charge in [-0.05, 0) is 30.5 Å². The lowest BCUT2D eigenvalue weighted by atomic mass is 10.1. The minimum atomic E-state index is -0.678. The van der Waals surface area contributed by atoms with Gasteiger partial charge in [-0.3, -0.25) is 4.79 Å². The number of aryl methyl sites for hydroxylation is 1. The van der Waals surface area contributed by atoms with Crippen LogP contribution in [0.3, 0.4) is 0 Å². The van der Waals surface area contributed by atoms with E-state index in [1.54, 1.807) is 24.3 Å². The van der Waals surface area contributed by atoms with Gasteiger partial charge in [-0.25, -0.2) is 9.78 Å². The number of amides is 1. The quantitative estimate of drug-likeness (QED) is 0.534. The second kappa shape index (κ2) is 7.04. The first kappa shape index (κ1) is 17.1. The zero-order valence-electron chi connectivity index (χ0n) is 13.4. The Morgan fingerprint density at radius 1 is 1.24 bits per heavy atom. The van der Waals surface area contributed by atoms with Gasteiger partial charge in [0, 0.05) is 0 Å². The fraction of sp³-hybridized carbons (Fsp3) is 0.118. The standard InChI is InChI=1S/C17H14N2O4S2/c1-9-14(25-16(18-9)12-7-4-8-24-12)15(21)19-11-6-3-5-10(13(11)20)17(22)23-2/h3-8,20H,1-2H3,(H,19,21). The van der Waals surface area contributed by atoms with Crippen LogP contribution in [0.15, 0.2) is 35.7 Å². The lowest BCUT2D eigenvalue weighted by molar-refractivity contribution is 0.0597. The minimum absolute atomic E-state index is 0.0133. The number of thiazole rings is 1. The highest BCUT2D eigenvalue weighted by Crippen LogP contribution is 2.33. The first-order valence-electron chi connectivity index (χ1n) is 7.24. The van der Waals surface area contributed by atoms with Crippen molar-refractivity contribution in [3.05, 3.63) is 51.8 Å². The van der Waals surface area contributed by atoms with E-state index in [0.29, 0.717) is 10.6 Å². The Kier molecular flexibility index (Phi) is 4.82. The number of phenols is 1.